The molecule has 1 saturated carbocycles. The third-order valence-electron chi connectivity index (χ3n) is 7.07. The highest BCUT2D eigenvalue weighted by Gasteiger charge is 2.20. The van der Waals surface area contributed by atoms with Crippen LogP contribution >= 0.6 is 0 Å². The fourth-order valence-corrected chi connectivity index (χ4v) is 4.99. The van der Waals surface area contributed by atoms with Crippen molar-refractivity contribution < 1.29 is 4.79 Å². The molecule has 4 nitrogen and oxygen atoms in total. The molecular formula is C29H39N3O. The molecule has 1 N–H and O–H groups in total. The Hall–Kier alpha value is -2.62. The van der Waals surface area contributed by atoms with Gasteiger partial charge in [-0.1, -0.05) is 75.9 Å². The molecule has 1 fully saturated rings. The van der Waals surface area contributed by atoms with Crippen LogP contribution in [0.4, 0.5) is 0 Å². The van der Waals surface area contributed by atoms with Gasteiger partial charge in [-0.05, 0) is 54.9 Å². The summed E-state index contributed by atoms with van der Waals surface area (Å²) in [4.78, 5) is 17.3. The van der Waals surface area contributed by atoms with Crippen molar-refractivity contribution >= 4 is 16.9 Å². The van der Waals surface area contributed by atoms with Crippen LogP contribution in [0.3, 0.4) is 0 Å². The van der Waals surface area contributed by atoms with Crippen LogP contribution in [-0.4, -0.2) is 22.0 Å². The van der Waals surface area contributed by atoms with E-state index in [2.05, 4.69) is 72.3 Å². The molecule has 1 amide bonds. The first kappa shape index (κ1) is 23.5. The summed E-state index contributed by atoms with van der Waals surface area (Å²) in [7, 11) is 0. The monoisotopic (exact) mass is 445 g/mol. The van der Waals surface area contributed by atoms with Gasteiger partial charge >= 0.3 is 0 Å². The molecule has 0 atom stereocenters. The lowest BCUT2D eigenvalue weighted by molar-refractivity contribution is -0.125. The lowest BCUT2D eigenvalue weighted by Gasteiger charge is -2.20. The minimum atomic E-state index is 0.258. The number of rotatable bonds is 10. The summed E-state index contributed by atoms with van der Waals surface area (Å²) in [6, 6.07) is 17.5. The molecule has 0 radical (unpaired) electrons. The van der Waals surface area contributed by atoms with Crippen LogP contribution < -0.4 is 5.32 Å². The van der Waals surface area contributed by atoms with Crippen molar-refractivity contribution in [3.8, 4) is 0 Å². The summed E-state index contributed by atoms with van der Waals surface area (Å²) in [6.07, 6.45) is 10.1. The van der Waals surface area contributed by atoms with Crippen molar-refractivity contribution in [2.24, 2.45) is 5.92 Å². The van der Waals surface area contributed by atoms with Gasteiger partial charge in [-0.25, -0.2) is 4.98 Å². The smallest absolute Gasteiger partial charge is 0.223 e. The van der Waals surface area contributed by atoms with E-state index >= 15 is 0 Å². The maximum atomic E-state index is 12.3. The van der Waals surface area contributed by atoms with Crippen molar-refractivity contribution in [1.82, 2.24) is 14.9 Å². The molecule has 0 unspecified atom stereocenters. The molecule has 1 aromatic heterocycles. The minimum absolute atomic E-state index is 0.258. The SMILES string of the molecule is CC(C)c1ccc(Cn2c(CCCCCNC(=O)C3CCCCC3)nc3ccccc32)cc1. The van der Waals surface area contributed by atoms with Crippen molar-refractivity contribution in [2.45, 2.75) is 84.1 Å². The number of imidazole rings is 1. The van der Waals surface area contributed by atoms with E-state index in [9.17, 15) is 4.79 Å². The molecule has 2 aromatic carbocycles. The molecule has 1 heterocycles. The Kier molecular flexibility index (Phi) is 8.20. The van der Waals surface area contributed by atoms with Crippen LogP contribution in [0.1, 0.15) is 88.1 Å². The summed E-state index contributed by atoms with van der Waals surface area (Å²) in [5, 5.41) is 3.17. The van der Waals surface area contributed by atoms with E-state index in [1.165, 1.54) is 35.9 Å². The largest absolute Gasteiger partial charge is 0.356 e. The summed E-state index contributed by atoms with van der Waals surface area (Å²) in [6.45, 7) is 6.12. The maximum absolute atomic E-state index is 12.3. The highest BCUT2D eigenvalue weighted by Crippen LogP contribution is 2.24. The topological polar surface area (TPSA) is 46.9 Å². The molecule has 0 aliphatic heterocycles. The number of hydrogen-bond acceptors (Lipinski definition) is 2. The normalized spacial score (nSPS) is 14.8. The van der Waals surface area contributed by atoms with Gasteiger partial charge < -0.3 is 9.88 Å². The number of unbranched alkanes of at least 4 members (excludes halogenated alkanes) is 2. The molecule has 0 spiro atoms. The lowest BCUT2D eigenvalue weighted by Crippen LogP contribution is -2.32. The third kappa shape index (κ3) is 6.25. The molecule has 0 bridgehead atoms. The van der Waals surface area contributed by atoms with E-state index in [0.29, 0.717) is 5.92 Å². The van der Waals surface area contributed by atoms with Gasteiger partial charge in [0.05, 0.1) is 11.0 Å². The molecule has 1 aliphatic rings. The van der Waals surface area contributed by atoms with E-state index in [-0.39, 0.29) is 11.8 Å². The average molecular weight is 446 g/mol. The van der Waals surface area contributed by atoms with Gasteiger partial charge in [0.1, 0.15) is 5.82 Å². The first-order valence-corrected chi connectivity index (χ1v) is 12.9. The summed E-state index contributed by atoms with van der Waals surface area (Å²) in [5.74, 6) is 2.25. The Morgan fingerprint density at radius 1 is 1.00 bits per heavy atom. The van der Waals surface area contributed by atoms with Crippen LogP contribution in [0.25, 0.3) is 11.0 Å². The van der Waals surface area contributed by atoms with Crippen molar-refractivity contribution in [3.63, 3.8) is 0 Å². The van der Waals surface area contributed by atoms with Gasteiger partial charge in [0.25, 0.3) is 0 Å². The molecule has 3 aromatic rings. The number of para-hydroxylation sites is 2. The lowest BCUT2D eigenvalue weighted by atomic mass is 9.89. The molecule has 4 heteroatoms. The number of carbonyl (C=O) groups excluding carboxylic acids is 1. The number of aromatic nitrogens is 2. The average Bonchev–Trinajstić information content (AvgIpc) is 3.19. The van der Waals surface area contributed by atoms with Crippen LogP contribution in [0.5, 0.6) is 0 Å². The highest BCUT2D eigenvalue weighted by atomic mass is 16.1. The van der Waals surface area contributed by atoms with Crippen LogP contribution in [0.15, 0.2) is 48.5 Å². The Morgan fingerprint density at radius 3 is 2.52 bits per heavy atom. The number of nitrogens with zero attached hydrogens (tertiary/aromatic N) is 2. The Morgan fingerprint density at radius 2 is 1.76 bits per heavy atom. The van der Waals surface area contributed by atoms with Crippen molar-refractivity contribution in [3.05, 3.63) is 65.5 Å². The molecule has 33 heavy (non-hydrogen) atoms. The van der Waals surface area contributed by atoms with Crippen molar-refractivity contribution in [1.29, 1.82) is 0 Å². The second kappa shape index (κ2) is 11.5. The minimum Gasteiger partial charge on any atom is -0.356 e. The van der Waals surface area contributed by atoms with Crippen LogP contribution in [0.2, 0.25) is 0 Å². The summed E-state index contributed by atoms with van der Waals surface area (Å²) < 4.78 is 2.38. The zero-order valence-electron chi connectivity index (χ0n) is 20.4. The quantitative estimate of drug-likeness (QED) is 0.357. The zero-order valence-corrected chi connectivity index (χ0v) is 20.4. The molecular weight excluding hydrogens is 406 g/mol. The maximum Gasteiger partial charge on any atom is 0.223 e. The number of benzene rings is 2. The Bertz CT molecular complexity index is 1030. The predicted octanol–water partition coefficient (Wildman–Crippen LogP) is 6.62. The zero-order chi connectivity index (χ0) is 23.0. The number of carbonyl (C=O) groups is 1. The first-order chi connectivity index (χ1) is 16.1. The van der Waals surface area contributed by atoms with Crippen LogP contribution in [-0.2, 0) is 17.8 Å². The second-order valence-electron chi connectivity index (χ2n) is 9.94. The number of hydrogen-bond donors (Lipinski definition) is 1. The van der Waals surface area contributed by atoms with Gasteiger partial charge in [0.15, 0.2) is 0 Å². The van der Waals surface area contributed by atoms with Gasteiger partial charge in [-0.2, -0.15) is 0 Å². The first-order valence-electron chi connectivity index (χ1n) is 12.9. The Labute approximate surface area is 198 Å². The number of nitrogens with one attached hydrogen (secondary N) is 1. The predicted molar refractivity (Wildman–Crippen MR) is 137 cm³/mol. The third-order valence-corrected chi connectivity index (χ3v) is 7.07. The molecule has 0 saturated heterocycles. The summed E-state index contributed by atoms with van der Waals surface area (Å²) in [5.41, 5.74) is 4.98. The standard InChI is InChI=1S/C29H39N3O/c1-22(2)24-18-16-23(17-19-24)21-32-27-14-9-8-13-26(27)31-28(32)15-7-4-10-20-30-29(33)25-11-5-3-6-12-25/h8-9,13-14,16-19,22,25H,3-7,10-12,15,20-21H2,1-2H3,(H,30,33). The highest BCUT2D eigenvalue weighted by molar-refractivity contribution is 5.78. The number of fused-ring (bicyclic) bond motifs is 1. The van der Waals surface area contributed by atoms with Gasteiger partial charge in [-0.3, -0.25) is 4.79 Å². The number of aryl methyl sites for hydroxylation is 1. The van der Waals surface area contributed by atoms with Crippen molar-refractivity contribution in [2.75, 3.05) is 6.54 Å². The molecule has 4 rings (SSSR count). The number of amides is 1. The molecule has 1 aliphatic carbocycles. The van der Waals surface area contributed by atoms with E-state index < -0.39 is 0 Å². The van der Waals surface area contributed by atoms with Gasteiger partial charge in [0.2, 0.25) is 5.91 Å². The summed E-state index contributed by atoms with van der Waals surface area (Å²) >= 11 is 0. The van der Waals surface area contributed by atoms with Gasteiger partial charge in [0, 0.05) is 25.4 Å². The van der Waals surface area contributed by atoms with E-state index in [1.54, 1.807) is 0 Å². The van der Waals surface area contributed by atoms with Crippen LogP contribution in [0, 0.1) is 5.92 Å². The van der Waals surface area contributed by atoms with Gasteiger partial charge in [-0.15, -0.1) is 0 Å². The molecule has 176 valence electrons. The van der Waals surface area contributed by atoms with E-state index in [1.807, 2.05) is 0 Å². The Balaban J connectivity index is 1.31. The fraction of sp³-hybridized carbons (Fsp3) is 0.517. The second-order valence-corrected chi connectivity index (χ2v) is 9.94. The fourth-order valence-electron chi connectivity index (χ4n) is 4.99. The van der Waals surface area contributed by atoms with E-state index in [0.717, 1.165) is 63.0 Å². The van der Waals surface area contributed by atoms with E-state index in [4.69, 9.17) is 4.98 Å².